The summed E-state index contributed by atoms with van der Waals surface area (Å²) in [4.78, 5) is 4.31. The molecule has 1 aromatic heterocycles. The van der Waals surface area contributed by atoms with Gasteiger partial charge >= 0.3 is 0 Å². The first-order valence-electron chi connectivity index (χ1n) is 5.30. The van der Waals surface area contributed by atoms with Crippen LogP contribution < -0.4 is 5.32 Å². The predicted molar refractivity (Wildman–Crippen MR) is 61.9 cm³/mol. The van der Waals surface area contributed by atoms with Crippen LogP contribution in [0.25, 0.3) is 0 Å². The molecule has 0 aliphatic rings. The van der Waals surface area contributed by atoms with Crippen molar-refractivity contribution in [3.63, 3.8) is 0 Å². The first-order chi connectivity index (χ1) is 6.88. The zero-order chi connectivity index (χ0) is 11.5. The van der Waals surface area contributed by atoms with Gasteiger partial charge in [0.05, 0.1) is 11.4 Å². The molecule has 1 rings (SSSR count). The molecule has 0 unspecified atom stereocenters. The zero-order valence-corrected chi connectivity index (χ0v) is 10.3. The Hall–Kier alpha value is -1.19. The maximum absolute atomic E-state index is 4.31. The zero-order valence-electron chi connectivity index (χ0n) is 10.3. The van der Waals surface area contributed by atoms with E-state index in [1.165, 1.54) is 0 Å². The monoisotopic (exact) mass is 208 g/mol. The van der Waals surface area contributed by atoms with Crippen molar-refractivity contribution < 1.29 is 0 Å². The lowest BCUT2D eigenvalue weighted by atomic mass is 9.92. The quantitative estimate of drug-likeness (QED) is 0.828. The molecule has 0 bridgehead atoms. The van der Waals surface area contributed by atoms with Crippen LogP contribution in [0.2, 0.25) is 0 Å². The van der Waals surface area contributed by atoms with E-state index in [-0.39, 0.29) is 0 Å². The van der Waals surface area contributed by atoms with Crippen LogP contribution in [0.4, 0.5) is 5.95 Å². The van der Waals surface area contributed by atoms with Crippen LogP contribution in [-0.2, 0) is 0 Å². The van der Waals surface area contributed by atoms with Gasteiger partial charge in [-0.15, -0.1) is 5.10 Å². The van der Waals surface area contributed by atoms with Gasteiger partial charge in [-0.1, -0.05) is 20.8 Å². The van der Waals surface area contributed by atoms with Crippen molar-refractivity contribution in [2.45, 2.75) is 41.0 Å². The smallest absolute Gasteiger partial charge is 0.242 e. The number of hydrogen-bond acceptors (Lipinski definition) is 4. The number of aryl methyl sites for hydroxylation is 2. The van der Waals surface area contributed by atoms with Crippen molar-refractivity contribution in [2.24, 2.45) is 5.41 Å². The van der Waals surface area contributed by atoms with E-state index in [4.69, 9.17) is 0 Å². The average molecular weight is 208 g/mol. The minimum absolute atomic E-state index is 0.334. The van der Waals surface area contributed by atoms with E-state index in [0.717, 1.165) is 24.4 Å². The molecule has 0 fully saturated rings. The molecule has 0 aliphatic carbocycles. The van der Waals surface area contributed by atoms with Crippen molar-refractivity contribution in [3.8, 4) is 0 Å². The standard InChI is InChI=1S/C11H20N4/c1-8-9(2)14-15-10(13-8)12-7-6-11(3,4)5/h6-7H2,1-5H3,(H,12,13,15). The Labute approximate surface area is 91.5 Å². The fourth-order valence-electron chi connectivity index (χ4n) is 1.08. The highest BCUT2D eigenvalue weighted by Gasteiger charge is 2.09. The van der Waals surface area contributed by atoms with Crippen LogP contribution in [-0.4, -0.2) is 21.7 Å². The highest BCUT2D eigenvalue weighted by atomic mass is 15.2. The summed E-state index contributed by atoms with van der Waals surface area (Å²) in [7, 11) is 0. The van der Waals surface area contributed by atoms with Gasteiger partial charge in [0.2, 0.25) is 5.95 Å². The summed E-state index contributed by atoms with van der Waals surface area (Å²) in [5.74, 6) is 0.627. The first-order valence-corrected chi connectivity index (χ1v) is 5.30. The Kier molecular flexibility index (Phi) is 3.61. The van der Waals surface area contributed by atoms with Gasteiger partial charge in [0.15, 0.2) is 0 Å². The van der Waals surface area contributed by atoms with Gasteiger partial charge in [-0.25, -0.2) is 4.98 Å². The van der Waals surface area contributed by atoms with Gasteiger partial charge in [0.1, 0.15) is 0 Å². The molecule has 0 saturated heterocycles. The SMILES string of the molecule is Cc1nnc(NCCC(C)(C)C)nc1C. The van der Waals surface area contributed by atoms with Crippen LogP contribution in [0.3, 0.4) is 0 Å². The molecule has 0 aliphatic heterocycles. The van der Waals surface area contributed by atoms with E-state index in [1.807, 2.05) is 13.8 Å². The minimum atomic E-state index is 0.334. The highest BCUT2D eigenvalue weighted by Crippen LogP contribution is 2.17. The van der Waals surface area contributed by atoms with Crippen molar-refractivity contribution in [1.82, 2.24) is 15.2 Å². The highest BCUT2D eigenvalue weighted by molar-refractivity contribution is 5.24. The molecule has 15 heavy (non-hydrogen) atoms. The molecule has 0 amide bonds. The summed E-state index contributed by atoms with van der Waals surface area (Å²) in [6.45, 7) is 11.4. The molecule has 0 radical (unpaired) electrons. The number of nitrogens with zero attached hydrogens (tertiary/aromatic N) is 3. The molecule has 0 spiro atoms. The maximum atomic E-state index is 4.31. The second kappa shape index (κ2) is 4.55. The molecule has 1 aromatic rings. The van der Waals surface area contributed by atoms with Gasteiger partial charge in [-0.2, -0.15) is 5.10 Å². The normalized spacial score (nSPS) is 11.5. The van der Waals surface area contributed by atoms with E-state index in [2.05, 4.69) is 41.3 Å². The molecule has 0 aromatic carbocycles. The second-order valence-electron chi connectivity index (χ2n) is 5.04. The van der Waals surface area contributed by atoms with Crippen molar-refractivity contribution in [1.29, 1.82) is 0 Å². The predicted octanol–water partition coefficient (Wildman–Crippen LogP) is 2.34. The molecule has 4 heteroatoms. The average Bonchev–Trinajstić information content (AvgIpc) is 2.09. The molecule has 0 saturated carbocycles. The lowest BCUT2D eigenvalue weighted by molar-refractivity contribution is 0.389. The Morgan fingerprint density at radius 3 is 2.27 bits per heavy atom. The Balaban J connectivity index is 2.48. The summed E-state index contributed by atoms with van der Waals surface area (Å²) in [6.07, 6.45) is 1.09. The fraction of sp³-hybridized carbons (Fsp3) is 0.727. The third-order valence-corrected chi connectivity index (χ3v) is 2.25. The van der Waals surface area contributed by atoms with Gasteiger partial charge < -0.3 is 5.32 Å². The summed E-state index contributed by atoms with van der Waals surface area (Å²) in [5, 5.41) is 11.2. The number of anilines is 1. The lowest BCUT2D eigenvalue weighted by Crippen LogP contribution is -2.15. The Morgan fingerprint density at radius 1 is 1.07 bits per heavy atom. The summed E-state index contributed by atoms with van der Waals surface area (Å²) in [5.41, 5.74) is 2.15. The largest absolute Gasteiger partial charge is 0.353 e. The number of nitrogens with one attached hydrogen (secondary N) is 1. The van der Waals surface area contributed by atoms with Gasteiger partial charge in [0, 0.05) is 6.54 Å². The second-order valence-corrected chi connectivity index (χ2v) is 5.04. The van der Waals surface area contributed by atoms with E-state index >= 15 is 0 Å². The fourth-order valence-corrected chi connectivity index (χ4v) is 1.08. The number of aromatic nitrogens is 3. The molecular formula is C11H20N4. The van der Waals surface area contributed by atoms with Crippen LogP contribution >= 0.6 is 0 Å². The molecule has 0 atom stereocenters. The van der Waals surface area contributed by atoms with E-state index in [1.54, 1.807) is 0 Å². The van der Waals surface area contributed by atoms with E-state index in [0.29, 0.717) is 11.4 Å². The summed E-state index contributed by atoms with van der Waals surface area (Å²) in [6, 6.07) is 0. The first kappa shape index (κ1) is 11.9. The van der Waals surface area contributed by atoms with Gasteiger partial charge in [-0.3, -0.25) is 0 Å². The third kappa shape index (κ3) is 4.23. The molecule has 84 valence electrons. The van der Waals surface area contributed by atoms with Crippen LogP contribution in [0.15, 0.2) is 0 Å². The topological polar surface area (TPSA) is 50.7 Å². The van der Waals surface area contributed by atoms with Gasteiger partial charge in [-0.05, 0) is 25.7 Å². The van der Waals surface area contributed by atoms with Crippen LogP contribution in [0.1, 0.15) is 38.6 Å². The van der Waals surface area contributed by atoms with Crippen molar-refractivity contribution in [3.05, 3.63) is 11.4 Å². The van der Waals surface area contributed by atoms with Crippen molar-refractivity contribution >= 4 is 5.95 Å². The van der Waals surface area contributed by atoms with E-state index < -0.39 is 0 Å². The molecule has 1 heterocycles. The van der Waals surface area contributed by atoms with E-state index in [9.17, 15) is 0 Å². The third-order valence-electron chi connectivity index (χ3n) is 2.25. The van der Waals surface area contributed by atoms with Gasteiger partial charge in [0.25, 0.3) is 0 Å². The molecule has 4 nitrogen and oxygen atoms in total. The Bertz CT molecular complexity index is 328. The summed E-state index contributed by atoms with van der Waals surface area (Å²) >= 11 is 0. The summed E-state index contributed by atoms with van der Waals surface area (Å²) < 4.78 is 0. The Morgan fingerprint density at radius 2 is 1.73 bits per heavy atom. The number of hydrogen-bond donors (Lipinski definition) is 1. The maximum Gasteiger partial charge on any atom is 0.242 e. The van der Waals surface area contributed by atoms with Crippen LogP contribution in [0, 0.1) is 19.3 Å². The molecule has 1 N–H and O–H groups in total. The molecular weight excluding hydrogens is 188 g/mol. The lowest BCUT2D eigenvalue weighted by Gasteiger charge is -2.17. The number of rotatable bonds is 3. The van der Waals surface area contributed by atoms with Crippen molar-refractivity contribution in [2.75, 3.05) is 11.9 Å². The van der Waals surface area contributed by atoms with Crippen LogP contribution in [0.5, 0.6) is 0 Å². The minimum Gasteiger partial charge on any atom is -0.353 e.